The van der Waals surface area contributed by atoms with E-state index < -0.39 is 0 Å². The third-order valence-electron chi connectivity index (χ3n) is 4.69. The van der Waals surface area contributed by atoms with Crippen LogP contribution in [-0.4, -0.2) is 38.4 Å². The molecular weight excluding hydrogens is 350 g/mol. The molecule has 6 heteroatoms. The standard InChI is InChI=1S/C20H24ClN3O2/c1-15(22-20(25)23-18-9-7-17(21)8-10-18)19(16-5-3-2-4-6-16)24-11-13-26-14-12-24/h2-10,15,19H,11-14H2,1H3,(H2,22,23,25)/p+1/t15-,19+/m0/s1. The Kier molecular flexibility index (Phi) is 6.50. The smallest absolute Gasteiger partial charge is 0.319 e. The Morgan fingerprint density at radius 1 is 1.08 bits per heavy atom. The normalized spacial score (nSPS) is 17.3. The van der Waals surface area contributed by atoms with E-state index in [9.17, 15) is 4.79 Å². The zero-order valence-corrected chi connectivity index (χ0v) is 15.6. The van der Waals surface area contributed by atoms with Gasteiger partial charge in [0.1, 0.15) is 19.1 Å². The molecule has 1 fully saturated rings. The fraction of sp³-hybridized carbons (Fsp3) is 0.350. The van der Waals surface area contributed by atoms with Crippen LogP contribution >= 0.6 is 11.6 Å². The molecule has 3 N–H and O–H groups in total. The summed E-state index contributed by atoms with van der Waals surface area (Å²) < 4.78 is 5.50. The summed E-state index contributed by atoms with van der Waals surface area (Å²) in [7, 11) is 0. The van der Waals surface area contributed by atoms with Gasteiger partial charge < -0.3 is 20.3 Å². The summed E-state index contributed by atoms with van der Waals surface area (Å²) in [6, 6.07) is 17.4. The molecule has 1 aliphatic heterocycles. The highest BCUT2D eigenvalue weighted by atomic mass is 35.5. The molecule has 1 saturated heterocycles. The molecule has 2 amide bonds. The molecule has 0 unspecified atom stereocenters. The van der Waals surface area contributed by atoms with Crippen molar-refractivity contribution in [1.29, 1.82) is 0 Å². The van der Waals surface area contributed by atoms with E-state index in [2.05, 4.69) is 29.7 Å². The van der Waals surface area contributed by atoms with Crippen molar-refractivity contribution in [3.63, 3.8) is 0 Å². The van der Waals surface area contributed by atoms with E-state index in [1.807, 2.05) is 18.2 Å². The third kappa shape index (κ3) is 4.97. The quantitative estimate of drug-likeness (QED) is 0.753. The average molecular weight is 375 g/mol. The van der Waals surface area contributed by atoms with Crippen LogP contribution in [0.3, 0.4) is 0 Å². The molecule has 0 saturated carbocycles. The molecular formula is C20H25ClN3O2+. The van der Waals surface area contributed by atoms with Crippen LogP contribution < -0.4 is 15.5 Å². The Labute approximate surface area is 159 Å². The molecule has 5 nitrogen and oxygen atoms in total. The van der Waals surface area contributed by atoms with Gasteiger partial charge in [-0.2, -0.15) is 0 Å². The number of hydrogen-bond acceptors (Lipinski definition) is 2. The highest BCUT2D eigenvalue weighted by Gasteiger charge is 2.32. The summed E-state index contributed by atoms with van der Waals surface area (Å²) in [5.74, 6) is 0. The van der Waals surface area contributed by atoms with Gasteiger partial charge in [0.05, 0.1) is 19.3 Å². The monoisotopic (exact) mass is 374 g/mol. The number of amides is 2. The zero-order valence-electron chi connectivity index (χ0n) is 14.9. The van der Waals surface area contributed by atoms with Crippen LogP contribution in [-0.2, 0) is 4.74 Å². The lowest BCUT2D eigenvalue weighted by molar-refractivity contribution is -0.940. The molecule has 0 aromatic heterocycles. The number of benzene rings is 2. The Balaban J connectivity index is 1.69. The lowest BCUT2D eigenvalue weighted by Crippen LogP contribution is -3.15. The van der Waals surface area contributed by atoms with E-state index in [0.29, 0.717) is 10.7 Å². The van der Waals surface area contributed by atoms with Gasteiger partial charge in [0, 0.05) is 16.3 Å². The molecule has 138 valence electrons. The molecule has 1 aliphatic rings. The average Bonchev–Trinajstić information content (AvgIpc) is 2.65. The van der Waals surface area contributed by atoms with E-state index in [1.54, 1.807) is 24.3 Å². The summed E-state index contributed by atoms with van der Waals surface area (Å²) in [5, 5.41) is 6.60. The van der Waals surface area contributed by atoms with E-state index in [0.717, 1.165) is 26.3 Å². The van der Waals surface area contributed by atoms with E-state index in [1.165, 1.54) is 10.5 Å². The summed E-state index contributed by atoms with van der Waals surface area (Å²) in [5.41, 5.74) is 1.94. The summed E-state index contributed by atoms with van der Waals surface area (Å²) in [4.78, 5) is 13.9. The maximum Gasteiger partial charge on any atom is 0.319 e. The summed E-state index contributed by atoms with van der Waals surface area (Å²) in [6.07, 6.45) is 0. The molecule has 0 radical (unpaired) electrons. The van der Waals surface area contributed by atoms with Gasteiger partial charge in [0.2, 0.25) is 0 Å². The van der Waals surface area contributed by atoms with Crippen molar-refractivity contribution in [3.05, 3.63) is 65.2 Å². The lowest BCUT2D eigenvalue weighted by Gasteiger charge is -2.35. The molecule has 2 atom stereocenters. The highest BCUT2D eigenvalue weighted by Crippen LogP contribution is 2.16. The predicted octanol–water partition coefficient (Wildman–Crippen LogP) is 2.51. The zero-order chi connectivity index (χ0) is 18.4. The van der Waals surface area contributed by atoms with Crippen molar-refractivity contribution in [2.75, 3.05) is 31.6 Å². The van der Waals surface area contributed by atoms with Crippen molar-refractivity contribution in [2.45, 2.75) is 19.0 Å². The number of nitrogens with one attached hydrogen (secondary N) is 3. The number of ether oxygens (including phenoxy) is 1. The van der Waals surface area contributed by atoms with Crippen LogP contribution in [0.15, 0.2) is 54.6 Å². The number of urea groups is 1. The number of rotatable bonds is 5. The summed E-state index contributed by atoms with van der Waals surface area (Å²) >= 11 is 5.89. The van der Waals surface area contributed by atoms with Crippen LogP contribution in [0, 0.1) is 0 Å². The van der Waals surface area contributed by atoms with Gasteiger partial charge in [-0.15, -0.1) is 0 Å². The minimum absolute atomic E-state index is 0.0298. The second kappa shape index (κ2) is 9.03. The number of anilines is 1. The van der Waals surface area contributed by atoms with Crippen molar-refractivity contribution >= 4 is 23.3 Å². The molecule has 1 heterocycles. The maximum absolute atomic E-state index is 12.4. The second-order valence-electron chi connectivity index (χ2n) is 6.55. The number of morpholine rings is 1. The lowest BCUT2D eigenvalue weighted by atomic mass is 9.98. The van der Waals surface area contributed by atoms with Gasteiger partial charge in [-0.3, -0.25) is 0 Å². The molecule has 2 aromatic carbocycles. The van der Waals surface area contributed by atoms with Gasteiger partial charge in [-0.1, -0.05) is 41.9 Å². The van der Waals surface area contributed by atoms with Crippen LogP contribution in [0.25, 0.3) is 0 Å². The topological polar surface area (TPSA) is 54.8 Å². The summed E-state index contributed by atoms with van der Waals surface area (Å²) in [6.45, 7) is 5.43. The second-order valence-corrected chi connectivity index (χ2v) is 6.99. The van der Waals surface area contributed by atoms with E-state index in [4.69, 9.17) is 16.3 Å². The van der Waals surface area contributed by atoms with Crippen molar-refractivity contribution in [3.8, 4) is 0 Å². The highest BCUT2D eigenvalue weighted by molar-refractivity contribution is 6.30. The first-order valence-electron chi connectivity index (χ1n) is 8.94. The molecule has 0 bridgehead atoms. The van der Waals surface area contributed by atoms with E-state index in [-0.39, 0.29) is 18.1 Å². The minimum atomic E-state index is -0.214. The molecule has 0 aliphatic carbocycles. The first-order valence-corrected chi connectivity index (χ1v) is 9.31. The predicted molar refractivity (Wildman–Crippen MR) is 104 cm³/mol. The van der Waals surface area contributed by atoms with Crippen molar-refractivity contribution in [2.24, 2.45) is 0 Å². The Morgan fingerprint density at radius 3 is 2.38 bits per heavy atom. The Bertz CT molecular complexity index is 703. The largest absolute Gasteiger partial charge is 0.370 e. The van der Waals surface area contributed by atoms with Crippen LogP contribution in [0.4, 0.5) is 10.5 Å². The van der Waals surface area contributed by atoms with Gasteiger partial charge in [-0.25, -0.2) is 4.79 Å². The fourth-order valence-corrected chi connectivity index (χ4v) is 3.60. The van der Waals surface area contributed by atoms with Gasteiger partial charge in [-0.05, 0) is 31.2 Å². The Hall–Kier alpha value is -2.08. The maximum atomic E-state index is 12.4. The van der Waals surface area contributed by atoms with Crippen LogP contribution in [0.2, 0.25) is 5.02 Å². The van der Waals surface area contributed by atoms with Crippen molar-refractivity contribution < 1.29 is 14.4 Å². The minimum Gasteiger partial charge on any atom is -0.370 e. The third-order valence-corrected chi connectivity index (χ3v) is 4.95. The van der Waals surface area contributed by atoms with Gasteiger partial charge in [0.15, 0.2) is 0 Å². The Morgan fingerprint density at radius 2 is 1.73 bits per heavy atom. The number of hydrogen-bond donors (Lipinski definition) is 3. The fourth-order valence-electron chi connectivity index (χ4n) is 3.47. The van der Waals surface area contributed by atoms with Crippen LogP contribution in [0.1, 0.15) is 18.5 Å². The van der Waals surface area contributed by atoms with Crippen LogP contribution in [0.5, 0.6) is 0 Å². The molecule has 2 aromatic rings. The van der Waals surface area contributed by atoms with Crippen molar-refractivity contribution in [1.82, 2.24) is 5.32 Å². The van der Waals surface area contributed by atoms with E-state index >= 15 is 0 Å². The molecule has 0 spiro atoms. The SMILES string of the molecule is C[C@H](NC(=O)Nc1ccc(Cl)cc1)[C@H](c1ccccc1)[NH+]1CCOCC1. The number of carbonyl (C=O) groups excluding carboxylic acids is 1. The first-order chi connectivity index (χ1) is 12.6. The number of halogens is 1. The van der Waals surface area contributed by atoms with Gasteiger partial charge >= 0.3 is 6.03 Å². The first kappa shape index (κ1) is 18.7. The number of carbonyl (C=O) groups is 1. The molecule has 3 rings (SSSR count). The number of quaternary nitrogens is 1. The van der Waals surface area contributed by atoms with Gasteiger partial charge in [0.25, 0.3) is 0 Å². The molecule has 26 heavy (non-hydrogen) atoms.